The molecular formula is C18H16FN3O2. The quantitative estimate of drug-likeness (QED) is 0.758. The summed E-state index contributed by atoms with van der Waals surface area (Å²) in [5.41, 5.74) is 1.53. The molecule has 3 N–H and O–H groups in total. The first-order chi connectivity index (χ1) is 11.6. The van der Waals surface area contributed by atoms with Gasteiger partial charge in [0.1, 0.15) is 5.82 Å². The van der Waals surface area contributed by atoms with E-state index >= 15 is 0 Å². The minimum absolute atomic E-state index is 0.106. The van der Waals surface area contributed by atoms with E-state index in [1.165, 1.54) is 24.3 Å². The van der Waals surface area contributed by atoms with Gasteiger partial charge in [0.05, 0.1) is 12.1 Å². The Balaban J connectivity index is 1.91. The zero-order chi connectivity index (χ0) is 17.4. The molecular weight excluding hydrogens is 309 g/mol. The number of hydrogen-bond donors (Lipinski definition) is 3. The second-order valence-corrected chi connectivity index (χ2v) is 4.74. The summed E-state index contributed by atoms with van der Waals surface area (Å²) >= 11 is 0. The first kappa shape index (κ1) is 17.0. The summed E-state index contributed by atoms with van der Waals surface area (Å²) in [4.78, 5) is 23.4. The van der Waals surface area contributed by atoms with E-state index in [2.05, 4.69) is 27.8 Å². The Labute approximate surface area is 139 Å². The van der Waals surface area contributed by atoms with Gasteiger partial charge < -0.3 is 16.0 Å². The lowest BCUT2D eigenvalue weighted by Gasteiger charge is -2.05. The van der Waals surface area contributed by atoms with Crippen LogP contribution in [0.15, 0.2) is 48.5 Å². The monoisotopic (exact) mass is 325 g/mol. The number of nitrogens with one attached hydrogen (secondary N) is 3. The molecule has 0 aliphatic rings. The Morgan fingerprint density at radius 1 is 1.08 bits per heavy atom. The highest BCUT2D eigenvalue weighted by Gasteiger charge is 2.06. The molecule has 0 aliphatic heterocycles. The maximum Gasteiger partial charge on any atom is 0.319 e. The van der Waals surface area contributed by atoms with Crippen LogP contribution in [0.2, 0.25) is 0 Å². The van der Waals surface area contributed by atoms with Crippen LogP contribution in [0.1, 0.15) is 15.9 Å². The van der Waals surface area contributed by atoms with E-state index in [0.29, 0.717) is 16.8 Å². The van der Waals surface area contributed by atoms with E-state index in [-0.39, 0.29) is 18.3 Å². The molecule has 2 aromatic rings. The third-order valence-corrected chi connectivity index (χ3v) is 3.06. The Hall–Kier alpha value is -3.33. The SMILES string of the molecule is CNC(=O)c1ccccc1C#CCNC(=O)Nc1ccc(F)cc1. The van der Waals surface area contributed by atoms with Crippen molar-refractivity contribution in [3.63, 3.8) is 0 Å². The number of amides is 3. The van der Waals surface area contributed by atoms with Crippen molar-refractivity contribution in [1.82, 2.24) is 10.6 Å². The van der Waals surface area contributed by atoms with Gasteiger partial charge >= 0.3 is 6.03 Å². The van der Waals surface area contributed by atoms with Crippen molar-refractivity contribution in [2.75, 3.05) is 18.9 Å². The average molecular weight is 325 g/mol. The molecule has 122 valence electrons. The number of halogens is 1. The second-order valence-electron chi connectivity index (χ2n) is 4.74. The molecule has 0 aliphatic carbocycles. The van der Waals surface area contributed by atoms with Crippen molar-refractivity contribution in [3.05, 3.63) is 65.5 Å². The first-order valence-electron chi connectivity index (χ1n) is 7.20. The van der Waals surface area contributed by atoms with E-state index in [1.807, 2.05) is 0 Å². The standard InChI is InChI=1S/C18H16FN3O2/c1-20-17(23)16-7-3-2-5-13(16)6-4-12-21-18(24)22-15-10-8-14(19)9-11-15/h2-3,5,7-11H,12H2,1H3,(H,20,23)(H2,21,22,24). The van der Waals surface area contributed by atoms with Gasteiger partial charge in [-0.3, -0.25) is 4.79 Å². The van der Waals surface area contributed by atoms with E-state index < -0.39 is 6.03 Å². The molecule has 3 amide bonds. The highest BCUT2D eigenvalue weighted by molar-refractivity contribution is 5.96. The van der Waals surface area contributed by atoms with Crippen LogP contribution in [-0.2, 0) is 0 Å². The summed E-state index contributed by atoms with van der Waals surface area (Å²) in [7, 11) is 1.55. The van der Waals surface area contributed by atoms with Crippen LogP contribution in [0.25, 0.3) is 0 Å². The molecule has 2 aromatic carbocycles. The summed E-state index contributed by atoms with van der Waals surface area (Å²) in [5.74, 6) is 5.04. The zero-order valence-corrected chi connectivity index (χ0v) is 13.0. The van der Waals surface area contributed by atoms with Crippen LogP contribution >= 0.6 is 0 Å². The van der Waals surface area contributed by atoms with E-state index in [4.69, 9.17) is 0 Å². The summed E-state index contributed by atoms with van der Waals surface area (Å²) in [5, 5.41) is 7.67. The molecule has 0 spiro atoms. The van der Waals surface area contributed by atoms with Crippen LogP contribution in [0.3, 0.4) is 0 Å². The molecule has 0 atom stereocenters. The maximum atomic E-state index is 12.8. The summed E-state index contributed by atoms with van der Waals surface area (Å²) in [6, 6.07) is 11.9. The largest absolute Gasteiger partial charge is 0.355 e. The van der Waals surface area contributed by atoms with Crippen LogP contribution in [0.4, 0.5) is 14.9 Å². The lowest BCUT2D eigenvalue weighted by molar-refractivity contribution is 0.0963. The van der Waals surface area contributed by atoms with Gasteiger partial charge in [0.2, 0.25) is 0 Å². The molecule has 24 heavy (non-hydrogen) atoms. The molecule has 6 heteroatoms. The minimum atomic E-state index is -0.449. The van der Waals surface area contributed by atoms with Crippen molar-refractivity contribution in [2.24, 2.45) is 0 Å². The number of rotatable bonds is 3. The van der Waals surface area contributed by atoms with Gasteiger partial charge in [0.15, 0.2) is 0 Å². The molecule has 0 aromatic heterocycles. The van der Waals surface area contributed by atoms with Crippen LogP contribution < -0.4 is 16.0 Å². The van der Waals surface area contributed by atoms with Crippen LogP contribution in [0, 0.1) is 17.7 Å². The highest BCUT2D eigenvalue weighted by atomic mass is 19.1. The van der Waals surface area contributed by atoms with Crippen molar-refractivity contribution in [3.8, 4) is 11.8 Å². The molecule has 0 unspecified atom stereocenters. The van der Waals surface area contributed by atoms with Crippen LogP contribution in [-0.4, -0.2) is 25.5 Å². The lowest BCUT2D eigenvalue weighted by Crippen LogP contribution is -2.28. The third-order valence-electron chi connectivity index (χ3n) is 3.06. The average Bonchev–Trinajstić information content (AvgIpc) is 2.60. The van der Waals surface area contributed by atoms with Gasteiger partial charge in [-0.2, -0.15) is 0 Å². The summed E-state index contributed by atoms with van der Waals surface area (Å²) < 4.78 is 12.8. The van der Waals surface area contributed by atoms with Gasteiger partial charge in [0, 0.05) is 18.3 Å². The molecule has 0 fully saturated rings. The van der Waals surface area contributed by atoms with Crippen LogP contribution in [0.5, 0.6) is 0 Å². The fourth-order valence-electron chi connectivity index (χ4n) is 1.90. The predicted molar refractivity (Wildman–Crippen MR) is 90.1 cm³/mol. The smallest absolute Gasteiger partial charge is 0.319 e. The molecule has 0 heterocycles. The van der Waals surface area contributed by atoms with Crippen molar-refractivity contribution >= 4 is 17.6 Å². The maximum absolute atomic E-state index is 12.8. The van der Waals surface area contributed by atoms with Crippen molar-refractivity contribution < 1.29 is 14.0 Å². The fraction of sp³-hybridized carbons (Fsp3) is 0.111. The highest BCUT2D eigenvalue weighted by Crippen LogP contribution is 2.08. The molecule has 2 rings (SSSR count). The van der Waals surface area contributed by atoms with E-state index in [1.54, 1.807) is 31.3 Å². The number of anilines is 1. The molecule has 5 nitrogen and oxygen atoms in total. The number of hydrogen-bond acceptors (Lipinski definition) is 2. The Bertz CT molecular complexity index is 792. The summed E-state index contributed by atoms with van der Waals surface area (Å²) in [6.45, 7) is 0.106. The Kier molecular flexibility index (Phi) is 5.92. The van der Waals surface area contributed by atoms with Gasteiger partial charge in [-0.25, -0.2) is 9.18 Å². The van der Waals surface area contributed by atoms with E-state index in [0.717, 1.165) is 0 Å². The molecule has 0 saturated heterocycles. The minimum Gasteiger partial charge on any atom is -0.355 e. The van der Waals surface area contributed by atoms with Gasteiger partial charge in [-0.05, 0) is 36.4 Å². The van der Waals surface area contributed by atoms with Crippen molar-refractivity contribution in [2.45, 2.75) is 0 Å². The van der Waals surface area contributed by atoms with Gasteiger partial charge in [0.25, 0.3) is 5.91 Å². The molecule has 0 bridgehead atoms. The number of benzene rings is 2. The number of urea groups is 1. The topological polar surface area (TPSA) is 70.2 Å². The predicted octanol–water partition coefficient (Wildman–Crippen LogP) is 2.36. The molecule has 0 saturated carbocycles. The Morgan fingerprint density at radius 3 is 2.50 bits per heavy atom. The van der Waals surface area contributed by atoms with Gasteiger partial charge in [-0.1, -0.05) is 24.0 Å². The Morgan fingerprint density at radius 2 is 1.79 bits per heavy atom. The van der Waals surface area contributed by atoms with Gasteiger partial charge in [-0.15, -0.1) is 0 Å². The third kappa shape index (κ3) is 4.85. The normalized spacial score (nSPS) is 9.42. The number of carbonyl (C=O) groups excluding carboxylic acids is 2. The summed E-state index contributed by atoms with van der Waals surface area (Å²) in [6.07, 6.45) is 0. The van der Waals surface area contributed by atoms with E-state index in [9.17, 15) is 14.0 Å². The fourth-order valence-corrected chi connectivity index (χ4v) is 1.90. The second kappa shape index (κ2) is 8.34. The number of carbonyl (C=O) groups is 2. The molecule has 0 radical (unpaired) electrons. The zero-order valence-electron chi connectivity index (χ0n) is 13.0. The lowest BCUT2D eigenvalue weighted by atomic mass is 10.1. The van der Waals surface area contributed by atoms with Crippen molar-refractivity contribution in [1.29, 1.82) is 0 Å². The first-order valence-corrected chi connectivity index (χ1v) is 7.20.